The molecule has 1 heterocycles. The summed E-state index contributed by atoms with van der Waals surface area (Å²) in [4.78, 5) is 0. The van der Waals surface area contributed by atoms with Crippen LogP contribution < -0.4 is 15.2 Å². The van der Waals surface area contributed by atoms with E-state index in [0.717, 1.165) is 29.0 Å². The van der Waals surface area contributed by atoms with E-state index < -0.39 is 0 Å². The van der Waals surface area contributed by atoms with Gasteiger partial charge in [-0.15, -0.1) is 0 Å². The molecule has 2 unspecified atom stereocenters. The summed E-state index contributed by atoms with van der Waals surface area (Å²) in [5.74, 6) is 1.76. The van der Waals surface area contributed by atoms with E-state index in [-0.39, 0.29) is 18.2 Å². The molecule has 0 saturated carbocycles. The molecule has 110 valence electrons. The largest absolute Gasteiger partial charge is 0.491 e. The van der Waals surface area contributed by atoms with Crippen LogP contribution in [0.4, 0.5) is 0 Å². The fourth-order valence-electron chi connectivity index (χ4n) is 2.72. The molecule has 21 heavy (non-hydrogen) atoms. The SMILES string of the molecule is CC(C)Oc1cccc(C2CC(N)c3ccccc3O2)c1. The maximum atomic E-state index is 6.28. The number of nitrogens with two attached hydrogens (primary N) is 1. The minimum absolute atomic E-state index is 0.00891. The Labute approximate surface area is 125 Å². The predicted molar refractivity (Wildman–Crippen MR) is 83.6 cm³/mol. The van der Waals surface area contributed by atoms with Gasteiger partial charge in [-0.1, -0.05) is 30.3 Å². The van der Waals surface area contributed by atoms with Crippen molar-refractivity contribution in [2.75, 3.05) is 0 Å². The molecule has 2 N–H and O–H groups in total. The molecule has 1 aliphatic rings. The Morgan fingerprint density at radius 1 is 1.14 bits per heavy atom. The Balaban J connectivity index is 1.85. The van der Waals surface area contributed by atoms with E-state index in [1.807, 2.05) is 56.3 Å². The van der Waals surface area contributed by atoms with Gasteiger partial charge in [-0.05, 0) is 37.6 Å². The summed E-state index contributed by atoms with van der Waals surface area (Å²) < 4.78 is 11.9. The molecule has 0 aromatic heterocycles. The highest BCUT2D eigenvalue weighted by Gasteiger charge is 2.26. The quantitative estimate of drug-likeness (QED) is 0.926. The van der Waals surface area contributed by atoms with Gasteiger partial charge in [0.1, 0.15) is 17.6 Å². The second-order valence-corrected chi connectivity index (χ2v) is 5.73. The maximum Gasteiger partial charge on any atom is 0.126 e. The molecule has 0 fully saturated rings. The summed E-state index contributed by atoms with van der Waals surface area (Å²) in [6.07, 6.45) is 0.920. The smallest absolute Gasteiger partial charge is 0.126 e. The zero-order valence-electron chi connectivity index (χ0n) is 12.5. The van der Waals surface area contributed by atoms with Crippen molar-refractivity contribution in [3.05, 3.63) is 59.7 Å². The lowest BCUT2D eigenvalue weighted by molar-refractivity contribution is 0.160. The molecule has 0 bridgehead atoms. The lowest BCUT2D eigenvalue weighted by Crippen LogP contribution is -2.24. The number of ether oxygens (including phenoxy) is 2. The van der Waals surface area contributed by atoms with Crippen molar-refractivity contribution >= 4 is 0 Å². The van der Waals surface area contributed by atoms with Gasteiger partial charge >= 0.3 is 0 Å². The zero-order valence-corrected chi connectivity index (χ0v) is 12.5. The van der Waals surface area contributed by atoms with Gasteiger partial charge in [0.15, 0.2) is 0 Å². The topological polar surface area (TPSA) is 44.5 Å². The van der Waals surface area contributed by atoms with Crippen LogP contribution in [-0.2, 0) is 0 Å². The van der Waals surface area contributed by atoms with Crippen LogP contribution in [0.15, 0.2) is 48.5 Å². The molecular weight excluding hydrogens is 262 g/mol. The highest BCUT2D eigenvalue weighted by atomic mass is 16.5. The Morgan fingerprint density at radius 2 is 1.95 bits per heavy atom. The third-order valence-electron chi connectivity index (χ3n) is 3.66. The van der Waals surface area contributed by atoms with E-state index >= 15 is 0 Å². The van der Waals surface area contributed by atoms with Gasteiger partial charge in [0.05, 0.1) is 6.10 Å². The van der Waals surface area contributed by atoms with Gasteiger partial charge < -0.3 is 15.2 Å². The Kier molecular flexibility index (Phi) is 3.84. The first-order valence-corrected chi connectivity index (χ1v) is 7.41. The first kappa shape index (κ1) is 14.0. The molecular formula is C18H21NO2. The minimum Gasteiger partial charge on any atom is -0.491 e. The van der Waals surface area contributed by atoms with E-state index in [9.17, 15) is 0 Å². The van der Waals surface area contributed by atoms with Crippen molar-refractivity contribution in [3.63, 3.8) is 0 Å². The molecule has 1 aliphatic heterocycles. The van der Waals surface area contributed by atoms with E-state index in [1.54, 1.807) is 0 Å². The van der Waals surface area contributed by atoms with E-state index in [2.05, 4.69) is 6.07 Å². The van der Waals surface area contributed by atoms with E-state index in [1.165, 1.54) is 0 Å². The van der Waals surface area contributed by atoms with Crippen molar-refractivity contribution in [2.24, 2.45) is 5.73 Å². The Morgan fingerprint density at radius 3 is 2.76 bits per heavy atom. The van der Waals surface area contributed by atoms with Crippen molar-refractivity contribution in [2.45, 2.75) is 38.5 Å². The molecule has 3 rings (SSSR count). The van der Waals surface area contributed by atoms with Crippen LogP contribution in [-0.4, -0.2) is 6.10 Å². The monoisotopic (exact) mass is 283 g/mol. The van der Waals surface area contributed by atoms with Gasteiger partial charge in [-0.3, -0.25) is 0 Å². The molecule has 3 heteroatoms. The average molecular weight is 283 g/mol. The number of hydrogen-bond donors (Lipinski definition) is 1. The van der Waals surface area contributed by atoms with Crippen molar-refractivity contribution in [1.29, 1.82) is 0 Å². The highest BCUT2D eigenvalue weighted by Crippen LogP contribution is 2.39. The molecule has 0 saturated heterocycles. The second kappa shape index (κ2) is 5.78. The number of fused-ring (bicyclic) bond motifs is 1. The maximum absolute atomic E-state index is 6.28. The fraction of sp³-hybridized carbons (Fsp3) is 0.333. The van der Waals surface area contributed by atoms with E-state index in [4.69, 9.17) is 15.2 Å². The van der Waals surface area contributed by atoms with Crippen LogP contribution in [0.5, 0.6) is 11.5 Å². The lowest BCUT2D eigenvalue weighted by Gasteiger charge is -2.30. The average Bonchev–Trinajstić information content (AvgIpc) is 2.47. The number of rotatable bonds is 3. The van der Waals surface area contributed by atoms with Crippen LogP contribution in [0.1, 0.15) is 43.5 Å². The summed E-state index contributed by atoms with van der Waals surface area (Å²) in [6.45, 7) is 4.05. The van der Waals surface area contributed by atoms with Crippen LogP contribution in [0.25, 0.3) is 0 Å². The Bertz CT molecular complexity index is 624. The molecule has 0 radical (unpaired) electrons. The number of benzene rings is 2. The molecule has 0 amide bonds. The highest BCUT2D eigenvalue weighted by molar-refractivity contribution is 5.40. The first-order chi connectivity index (χ1) is 10.1. The normalized spacial score (nSPS) is 20.8. The summed E-state index contributed by atoms with van der Waals surface area (Å²) in [6, 6.07) is 16.1. The van der Waals surface area contributed by atoms with Crippen molar-refractivity contribution in [1.82, 2.24) is 0 Å². The Hall–Kier alpha value is -2.00. The summed E-state index contributed by atoms with van der Waals surface area (Å²) in [5.41, 5.74) is 8.48. The molecule has 3 nitrogen and oxygen atoms in total. The molecule has 0 aliphatic carbocycles. The van der Waals surface area contributed by atoms with E-state index in [0.29, 0.717) is 0 Å². The van der Waals surface area contributed by atoms with Gasteiger partial charge in [-0.25, -0.2) is 0 Å². The third kappa shape index (κ3) is 3.03. The standard InChI is InChI=1S/C18H21NO2/c1-12(2)20-14-7-5-6-13(10-14)18-11-16(19)15-8-3-4-9-17(15)21-18/h3-10,12,16,18H,11,19H2,1-2H3. The van der Waals surface area contributed by atoms with Crippen LogP contribution in [0.2, 0.25) is 0 Å². The molecule has 2 aromatic rings. The minimum atomic E-state index is -0.0226. The van der Waals surface area contributed by atoms with Crippen LogP contribution in [0, 0.1) is 0 Å². The second-order valence-electron chi connectivity index (χ2n) is 5.73. The van der Waals surface area contributed by atoms with Gasteiger partial charge in [0.25, 0.3) is 0 Å². The van der Waals surface area contributed by atoms with Crippen molar-refractivity contribution < 1.29 is 9.47 Å². The molecule has 2 aromatic carbocycles. The van der Waals surface area contributed by atoms with Gasteiger partial charge in [-0.2, -0.15) is 0 Å². The van der Waals surface area contributed by atoms with Crippen LogP contribution >= 0.6 is 0 Å². The third-order valence-corrected chi connectivity index (χ3v) is 3.66. The zero-order chi connectivity index (χ0) is 14.8. The fourth-order valence-corrected chi connectivity index (χ4v) is 2.72. The molecule has 0 spiro atoms. The molecule has 2 atom stereocenters. The summed E-state index contributed by atoms with van der Waals surface area (Å²) in [7, 11) is 0. The van der Waals surface area contributed by atoms with Gasteiger partial charge in [0, 0.05) is 18.0 Å². The predicted octanol–water partition coefficient (Wildman–Crippen LogP) is 4.00. The first-order valence-electron chi connectivity index (χ1n) is 7.41. The number of hydrogen-bond acceptors (Lipinski definition) is 3. The van der Waals surface area contributed by atoms with Crippen molar-refractivity contribution in [3.8, 4) is 11.5 Å². The summed E-state index contributed by atoms with van der Waals surface area (Å²) >= 11 is 0. The number of para-hydroxylation sites is 1. The van der Waals surface area contributed by atoms with Gasteiger partial charge in [0.2, 0.25) is 0 Å². The van der Waals surface area contributed by atoms with Crippen LogP contribution in [0.3, 0.4) is 0 Å². The lowest BCUT2D eigenvalue weighted by atomic mass is 9.93. The summed E-state index contributed by atoms with van der Waals surface area (Å²) in [5, 5.41) is 0.